The molecule has 2 fully saturated rings. The molecule has 2 saturated heterocycles. The zero-order valence-corrected chi connectivity index (χ0v) is 18.4. The normalized spacial score (nSPS) is 21.6. The second-order valence-electron chi connectivity index (χ2n) is 9.18. The van der Waals surface area contributed by atoms with Crippen LogP contribution in [0.3, 0.4) is 0 Å². The number of fused-ring (bicyclic) bond motifs is 1. The van der Waals surface area contributed by atoms with Gasteiger partial charge in [0.1, 0.15) is 6.04 Å². The number of carbonyl (C=O) groups is 3. The second-order valence-corrected chi connectivity index (χ2v) is 9.18. The zero-order chi connectivity index (χ0) is 22.9. The fourth-order valence-electron chi connectivity index (χ4n) is 5.27. The van der Waals surface area contributed by atoms with Gasteiger partial charge in [-0.2, -0.15) is 5.26 Å². The maximum absolute atomic E-state index is 12.9. The first-order chi connectivity index (χ1) is 16.0. The summed E-state index contributed by atoms with van der Waals surface area (Å²) in [5.74, 6) is -0.329. The van der Waals surface area contributed by atoms with E-state index >= 15 is 0 Å². The summed E-state index contributed by atoms with van der Waals surface area (Å²) in [5, 5.41) is 11.5. The van der Waals surface area contributed by atoms with E-state index in [4.69, 9.17) is 5.26 Å². The lowest BCUT2D eigenvalue weighted by molar-refractivity contribution is -0.136. The Morgan fingerprint density at radius 2 is 1.85 bits per heavy atom. The summed E-state index contributed by atoms with van der Waals surface area (Å²) in [7, 11) is 0. The summed E-state index contributed by atoms with van der Waals surface area (Å²) < 4.78 is 0. The molecule has 1 N–H and O–H groups in total. The Morgan fingerprint density at radius 3 is 2.61 bits per heavy atom. The molecule has 3 aliphatic heterocycles. The molecular formula is C26H26N4O3. The van der Waals surface area contributed by atoms with Crippen molar-refractivity contribution in [3.05, 3.63) is 70.3 Å². The summed E-state index contributed by atoms with van der Waals surface area (Å²) in [4.78, 5) is 40.6. The number of hydrogen-bond acceptors (Lipinski definition) is 5. The van der Waals surface area contributed by atoms with Gasteiger partial charge in [-0.15, -0.1) is 0 Å². The zero-order valence-electron chi connectivity index (χ0n) is 18.4. The molecule has 3 amide bonds. The van der Waals surface area contributed by atoms with Gasteiger partial charge in [0, 0.05) is 25.1 Å². The Labute approximate surface area is 193 Å². The largest absolute Gasteiger partial charge is 0.322 e. The van der Waals surface area contributed by atoms with E-state index in [9.17, 15) is 14.4 Å². The minimum Gasteiger partial charge on any atom is -0.322 e. The van der Waals surface area contributed by atoms with Gasteiger partial charge in [0.25, 0.3) is 5.91 Å². The van der Waals surface area contributed by atoms with Gasteiger partial charge in [0.2, 0.25) is 11.8 Å². The van der Waals surface area contributed by atoms with Gasteiger partial charge in [-0.1, -0.05) is 24.3 Å². The van der Waals surface area contributed by atoms with Gasteiger partial charge in [-0.05, 0) is 73.2 Å². The van der Waals surface area contributed by atoms with Gasteiger partial charge in [0.15, 0.2) is 0 Å². The van der Waals surface area contributed by atoms with E-state index in [0.29, 0.717) is 30.0 Å². The molecular weight excluding hydrogens is 416 g/mol. The maximum atomic E-state index is 12.9. The average molecular weight is 443 g/mol. The van der Waals surface area contributed by atoms with Crippen molar-refractivity contribution in [3.63, 3.8) is 0 Å². The van der Waals surface area contributed by atoms with E-state index in [0.717, 1.165) is 43.6 Å². The molecule has 0 aliphatic carbocycles. The minimum absolute atomic E-state index is 0.125. The fraction of sp³-hybridized carbons (Fsp3) is 0.385. The fourth-order valence-corrected chi connectivity index (χ4v) is 5.27. The number of carbonyl (C=O) groups excluding carboxylic acids is 3. The Kier molecular flexibility index (Phi) is 5.69. The van der Waals surface area contributed by atoms with Crippen molar-refractivity contribution in [1.29, 1.82) is 5.26 Å². The predicted octanol–water partition coefficient (Wildman–Crippen LogP) is 2.70. The first kappa shape index (κ1) is 21.4. The standard InChI is InChI=1S/C26H26N4O3/c27-14-17-2-1-3-18(12-17)15-29-10-8-19(9-11-29)20-4-5-22-21(13-20)16-30(26(22)33)23-6-7-24(31)28-25(23)32/h1-5,12-13,19,23H,6-11,15-16H2,(H,28,31,32). The average Bonchev–Trinajstić information content (AvgIpc) is 3.15. The number of piperidine rings is 2. The highest BCUT2D eigenvalue weighted by atomic mass is 16.2. The molecule has 3 heterocycles. The van der Waals surface area contributed by atoms with Gasteiger partial charge in [-0.25, -0.2) is 0 Å². The van der Waals surface area contributed by atoms with Crippen LogP contribution in [0.25, 0.3) is 0 Å². The molecule has 0 spiro atoms. The molecule has 33 heavy (non-hydrogen) atoms. The molecule has 0 radical (unpaired) electrons. The number of rotatable bonds is 4. The van der Waals surface area contributed by atoms with Crippen LogP contribution in [0.15, 0.2) is 42.5 Å². The lowest BCUT2D eigenvalue weighted by Crippen LogP contribution is -2.52. The molecule has 0 saturated carbocycles. The molecule has 7 nitrogen and oxygen atoms in total. The number of amides is 3. The number of benzene rings is 2. The van der Waals surface area contributed by atoms with Gasteiger partial charge in [-0.3, -0.25) is 24.6 Å². The molecule has 168 valence electrons. The number of imide groups is 1. The molecule has 5 rings (SSSR count). The van der Waals surface area contributed by atoms with Crippen molar-refractivity contribution in [2.24, 2.45) is 0 Å². The first-order valence-electron chi connectivity index (χ1n) is 11.5. The molecule has 1 atom stereocenters. The third-order valence-electron chi connectivity index (χ3n) is 7.07. The Morgan fingerprint density at radius 1 is 1.03 bits per heavy atom. The Hall–Kier alpha value is -3.50. The molecule has 1 unspecified atom stereocenters. The van der Waals surface area contributed by atoms with E-state index in [-0.39, 0.29) is 24.1 Å². The van der Waals surface area contributed by atoms with Crippen LogP contribution in [0.4, 0.5) is 0 Å². The Bertz CT molecular complexity index is 1160. The van der Waals surface area contributed by atoms with Gasteiger partial charge < -0.3 is 4.90 Å². The van der Waals surface area contributed by atoms with Gasteiger partial charge in [0.05, 0.1) is 11.6 Å². The highest BCUT2D eigenvalue weighted by Gasteiger charge is 2.39. The lowest BCUT2D eigenvalue weighted by atomic mass is 9.87. The van der Waals surface area contributed by atoms with Crippen LogP contribution in [0.1, 0.15) is 64.2 Å². The van der Waals surface area contributed by atoms with E-state index < -0.39 is 6.04 Å². The van der Waals surface area contributed by atoms with E-state index in [2.05, 4.69) is 34.5 Å². The van der Waals surface area contributed by atoms with Crippen molar-refractivity contribution in [1.82, 2.24) is 15.1 Å². The van der Waals surface area contributed by atoms with Crippen LogP contribution in [0, 0.1) is 11.3 Å². The minimum atomic E-state index is -0.575. The third-order valence-corrected chi connectivity index (χ3v) is 7.07. The quantitative estimate of drug-likeness (QED) is 0.735. The van der Waals surface area contributed by atoms with Crippen LogP contribution >= 0.6 is 0 Å². The highest BCUT2D eigenvalue weighted by Crippen LogP contribution is 2.34. The first-order valence-corrected chi connectivity index (χ1v) is 11.5. The summed E-state index contributed by atoms with van der Waals surface area (Å²) in [5.41, 5.74) is 4.74. The van der Waals surface area contributed by atoms with Crippen LogP contribution in [-0.2, 0) is 22.7 Å². The van der Waals surface area contributed by atoms with Crippen LogP contribution in [0.2, 0.25) is 0 Å². The molecule has 2 aromatic rings. The van der Waals surface area contributed by atoms with Crippen molar-refractivity contribution in [2.45, 2.75) is 50.7 Å². The number of nitrogens with one attached hydrogen (secondary N) is 1. The SMILES string of the molecule is N#Cc1cccc(CN2CCC(c3ccc4c(c3)CN(C3CCC(=O)NC3=O)C4=O)CC2)c1. The summed E-state index contributed by atoms with van der Waals surface area (Å²) in [6, 6.07) is 15.5. The van der Waals surface area contributed by atoms with Crippen molar-refractivity contribution < 1.29 is 14.4 Å². The summed E-state index contributed by atoms with van der Waals surface area (Å²) >= 11 is 0. The number of hydrogen-bond donors (Lipinski definition) is 1. The molecule has 2 aromatic carbocycles. The van der Waals surface area contributed by atoms with Gasteiger partial charge >= 0.3 is 0 Å². The van der Waals surface area contributed by atoms with Crippen LogP contribution < -0.4 is 5.32 Å². The smallest absolute Gasteiger partial charge is 0.255 e. The number of nitriles is 1. The molecule has 0 aromatic heterocycles. The monoisotopic (exact) mass is 442 g/mol. The number of likely N-dealkylation sites (tertiary alicyclic amines) is 1. The van der Waals surface area contributed by atoms with Crippen molar-refractivity contribution >= 4 is 17.7 Å². The predicted molar refractivity (Wildman–Crippen MR) is 121 cm³/mol. The maximum Gasteiger partial charge on any atom is 0.255 e. The topological polar surface area (TPSA) is 93.5 Å². The summed E-state index contributed by atoms with van der Waals surface area (Å²) in [6.07, 6.45) is 2.73. The third kappa shape index (κ3) is 4.27. The molecule has 3 aliphatic rings. The lowest BCUT2D eigenvalue weighted by Gasteiger charge is -2.32. The van der Waals surface area contributed by atoms with E-state index in [1.54, 1.807) is 4.90 Å². The van der Waals surface area contributed by atoms with Crippen LogP contribution in [-0.4, -0.2) is 46.7 Å². The van der Waals surface area contributed by atoms with Crippen molar-refractivity contribution in [3.8, 4) is 6.07 Å². The molecule has 7 heteroatoms. The number of nitrogens with zero attached hydrogens (tertiary/aromatic N) is 3. The molecule has 0 bridgehead atoms. The van der Waals surface area contributed by atoms with Crippen molar-refractivity contribution in [2.75, 3.05) is 13.1 Å². The van der Waals surface area contributed by atoms with E-state index in [1.807, 2.05) is 24.3 Å². The highest BCUT2D eigenvalue weighted by molar-refractivity contribution is 6.05. The van der Waals surface area contributed by atoms with E-state index in [1.165, 1.54) is 5.56 Å². The van der Waals surface area contributed by atoms with Crippen LogP contribution in [0.5, 0.6) is 0 Å². The summed E-state index contributed by atoms with van der Waals surface area (Å²) in [6.45, 7) is 3.24. The Balaban J connectivity index is 1.22. The second kappa shape index (κ2) is 8.80.